The molecule has 0 aromatic heterocycles. The van der Waals surface area contributed by atoms with Gasteiger partial charge in [-0.1, -0.05) is 13.0 Å². The largest absolute Gasteiger partial charge is 0.508 e. The number of nitrogens with zero attached hydrogens (tertiary/aromatic N) is 2. The standard InChI is InChI=1S/C15H18N2O3/c1-4-10-12-9-6-7-11(18)8(3)14(9)20-15(19)13(12)17(5-2)16-10/h6-7,12-13,18H,4-5H2,1-3H3. The third-order valence-electron chi connectivity index (χ3n) is 4.13. The molecule has 2 heterocycles. The molecule has 1 aromatic carbocycles. The summed E-state index contributed by atoms with van der Waals surface area (Å²) in [5, 5.41) is 16.2. The van der Waals surface area contributed by atoms with Gasteiger partial charge in [0, 0.05) is 23.4 Å². The molecule has 0 saturated carbocycles. The summed E-state index contributed by atoms with van der Waals surface area (Å²) in [6.07, 6.45) is 0.796. The zero-order valence-corrected chi connectivity index (χ0v) is 11.9. The van der Waals surface area contributed by atoms with E-state index in [2.05, 4.69) is 5.10 Å². The molecule has 5 heteroatoms. The van der Waals surface area contributed by atoms with Gasteiger partial charge in [0.05, 0.1) is 5.92 Å². The molecule has 2 atom stereocenters. The fraction of sp³-hybridized carbons (Fsp3) is 0.467. The number of phenolic OH excluding ortho intramolecular Hbond substituents is 1. The average Bonchev–Trinajstić information content (AvgIpc) is 2.83. The smallest absolute Gasteiger partial charge is 0.336 e. The van der Waals surface area contributed by atoms with Crippen molar-refractivity contribution < 1.29 is 14.6 Å². The lowest BCUT2D eigenvalue weighted by Gasteiger charge is -2.31. The van der Waals surface area contributed by atoms with Crippen LogP contribution in [0.1, 0.15) is 37.3 Å². The first-order chi connectivity index (χ1) is 9.58. The van der Waals surface area contributed by atoms with E-state index in [0.29, 0.717) is 17.9 Å². The molecule has 0 radical (unpaired) electrons. The van der Waals surface area contributed by atoms with Crippen LogP contribution < -0.4 is 4.74 Å². The van der Waals surface area contributed by atoms with E-state index in [1.54, 1.807) is 18.0 Å². The van der Waals surface area contributed by atoms with Gasteiger partial charge in [0.15, 0.2) is 6.04 Å². The Morgan fingerprint density at radius 1 is 1.40 bits per heavy atom. The summed E-state index contributed by atoms with van der Waals surface area (Å²) < 4.78 is 5.47. The van der Waals surface area contributed by atoms with Crippen molar-refractivity contribution in [1.29, 1.82) is 0 Å². The topological polar surface area (TPSA) is 62.1 Å². The van der Waals surface area contributed by atoms with Crippen LogP contribution in [0.25, 0.3) is 0 Å². The summed E-state index contributed by atoms with van der Waals surface area (Å²) in [6, 6.07) is 3.13. The van der Waals surface area contributed by atoms with Crippen molar-refractivity contribution in [3.05, 3.63) is 23.3 Å². The van der Waals surface area contributed by atoms with Crippen LogP contribution in [0.15, 0.2) is 17.2 Å². The molecule has 106 valence electrons. The Hall–Kier alpha value is -2.04. The van der Waals surface area contributed by atoms with Crippen molar-refractivity contribution in [1.82, 2.24) is 5.01 Å². The van der Waals surface area contributed by atoms with E-state index in [1.807, 2.05) is 19.9 Å². The number of esters is 1. The average molecular weight is 274 g/mol. The van der Waals surface area contributed by atoms with E-state index in [9.17, 15) is 9.90 Å². The summed E-state index contributed by atoms with van der Waals surface area (Å²) in [6.45, 7) is 6.45. The summed E-state index contributed by atoms with van der Waals surface area (Å²) in [4.78, 5) is 12.3. The van der Waals surface area contributed by atoms with Crippen LogP contribution in [0.3, 0.4) is 0 Å². The number of ether oxygens (including phenoxy) is 1. The molecule has 0 fully saturated rings. The van der Waals surface area contributed by atoms with Crippen LogP contribution in [0.2, 0.25) is 0 Å². The van der Waals surface area contributed by atoms with Crippen molar-refractivity contribution in [3.63, 3.8) is 0 Å². The van der Waals surface area contributed by atoms with Gasteiger partial charge in [-0.05, 0) is 26.3 Å². The Labute approximate surface area is 117 Å². The maximum atomic E-state index is 12.3. The van der Waals surface area contributed by atoms with E-state index in [4.69, 9.17) is 4.74 Å². The van der Waals surface area contributed by atoms with E-state index in [1.165, 1.54) is 0 Å². The number of hydrogen-bond donors (Lipinski definition) is 1. The number of benzene rings is 1. The van der Waals surface area contributed by atoms with Crippen LogP contribution in [0.4, 0.5) is 0 Å². The Balaban J connectivity index is 2.17. The predicted molar refractivity (Wildman–Crippen MR) is 75.1 cm³/mol. The number of carbonyl (C=O) groups excluding carboxylic acids is 1. The monoisotopic (exact) mass is 274 g/mol. The lowest BCUT2D eigenvalue weighted by atomic mass is 9.83. The molecule has 0 amide bonds. The molecule has 2 aliphatic rings. The van der Waals surface area contributed by atoms with Gasteiger partial charge < -0.3 is 9.84 Å². The van der Waals surface area contributed by atoms with Gasteiger partial charge in [0.2, 0.25) is 0 Å². The quantitative estimate of drug-likeness (QED) is 0.663. The highest BCUT2D eigenvalue weighted by atomic mass is 16.5. The fourth-order valence-corrected chi connectivity index (χ4v) is 3.05. The van der Waals surface area contributed by atoms with Crippen molar-refractivity contribution in [2.45, 2.75) is 39.2 Å². The maximum absolute atomic E-state index is 12.3. The highest BCUT2D eigenvalue weighted by Gasteiger charge is 2.47. The van der Waals surface area contributed by atoms with Gasteiger partial charge in [-0.25, -0.2) is 4.79 Å². The van der Waals surface area contributed by atoms with E-state index >= 15 is 0 Å². The second-order valence-electron chi connectivity index (χ2n) is 5.17. The summed E-state index contributed by atoms with van der Waals surface area (Å²) in [5.74, 6) is 0.298. The summed E-state index contributed by atoms with van der Waals surface area (Å²) in [7, 11) is 0. The Kier molecular flexibility index (Phi) is 2.92. The normalized spacial score (nSPS) is 24.1. The molecule has 3 rings (SSSR count). The first kappa shape index (κ1) is 13.0. The third-order valence-corrected chi connectivity index (χ3v) is 4.13. The SMILES string of the molecule is CCC1=NN(CC)C2C(=O)Oc3c(ccc(O)c3C)C12. The second kappa shape index (κ2) is 4.51. The minimum atomic E-state index is -0.369. The molecule has 0 spiro atoms. The van der Waals surface area contributed by atoms with Crippen LogP contribution >= 0.6 is 0 Å². The maximum Gasteiger partial charge on any atom is 0.336 e. The number of hydrazone groups is 1. The molecule has 20 heavy (non-hydrogen) atoms. The molecular weight excluding hydrogens is 256 g/mol. The molecule has 1 aromatic rings. The van der Waals surface area contributed by atoms with Gasteiger partial charge in [0.25, 0.3) is 0 Å². The number of hydrogen-bond acceptors (Lipinski definition) is 5. The van der Waals surface area contributed by atoms with Crippen molar-refractivity contribution in [3.8, 4) is 11.5 Å². The second-order valence-corrected chi connectivity index (χ2v) is 5.17. The van der Waals surface area contributed by atoms with Crippen LogP contribution in [0.5, 0.6) is 11.5 Å². The lowest BCUT2D eigenvalue weighted by Crippen LogP contribution is -2.44. The number of phenols is 1. The summed E-state index contributed by atoms with van der Waals surface area (Å²) >= 11 is 0. The number of carbonyl (C=O) groups is 1. The van der Waals surface area contributed by atoms with Crippen LogP contribution in [0, 0.1) is 6.92 Å². The highest BCUT2D eigenvalue weighted by molar-refractivity contribution is 6.01. The van der Waals surface area contributed by atoms with Crippen molar-refractivity contribution in [2.24, 2.45) is 5.10 Å². The molecule has 0 bridgehead atoms. The predicted octanol–water partition coefficient (Wildman–Crippen LogP) is 2.17. The molecule has 2 aliphatic heterocycles. The number of likely N-dealkylation sites (N-methyl/N-ethyl adjacent to an activating group) is 1. The first-order valence-corrected chi connectivity index (χ1v) is 6.96. The Bertz CT molecular complexity index is 609. The number of rotatable bonds is 2. The Morgan fingerprint density at radius 2 is 2.15 bits per heavy atom. The van der Waals surface area contributed by atoms with Gasteiger partial charge >= 0.3 is 5.97 Å². The van der Waals surface area contributed by atoms with Crippen molar-refractivity contribution >= 4 is 11.7 Å². The van der Waals surface area contributed by atoms with Crippen molar-refractivity contribution in [2.75, 3.05) is 6.54 Å². The van der Waals surface area contributed by atoms with Crippen LogP contribution in [-0.2, 0) is 4.79 Å². The third kappa shape index (κ3) is 1.62. The zero-order valence-electron chi connectivity index (χ0n) is 11.9. The zero-order chi connectivity index (χ0) is 14.4. The molecule has 5 nitrogen and oxygen atoms in total. The lowest BCUT2D eigenvalue weighted by molar-refractivity contribution is -0.141. The number of fused-ring (bicyclic) bond motifs is 3. The van der Waals surface area contributed by atoms with Gasteiger partial charge in [0.1, 0.15) is 11.5 Å². The number of aromatic hydroxyl groups is 1. The molecule has 0 saturated heterocycles. The van der Waals surface area contributed by atoms with Gasteiger partial charge in [-0.15, -0.1) is 0 Å². The summed E-state index contributed by atoms with van der Waals surface area (Å²) in [5.41, 5.74) is 2.56. The van der Waals surface area contributed by atoms with E-state index < -0.39 is 0 Å². The van der Waals surface area contributed by atoms with E-state index in [0.717, 1.165) is 17.7 Å². The molecular formula is C15H18N2O3. The minimum Gasteiger partial charge on any atom is -0.508 e. The van der Waals surface area contributed by atoms with E-state index in [-0.39, 0.29) is 23.7 Å². The van der Waals surface area contributed by atoms with Gasteiger partial charge in [-0.3, -0.25) is 5.01 Å². The van der Waals surface area contributed by atoms with Crippen LogP contribution in [-0.4, -0.2) is 34.4 Å². The van der Waals surface area contributed by atoms with Gasteiger partial charge in [-0.2, -0.15) is 5.10 Å². The fourth-order valence-electron chi connectivity index (χ4n) is 3.05. The molecule has 1 N–H and O–H groups in total. The highest BCUT2D eigenvalue weighted by Crippen LogP contribution is 2.45. The minimum absolute atomic E-state index is 0.0597. The first-order valence-electron chi connectivity index (χ1n) is 6.96. The molecule has 2 unspecified atom stereocenters. The Morgan fingerprint density at radius 3 is 2.80 bits per heavy atom. The molecule has 0 aliphatic carbocycles.